The fraction of sp³-hybridized carbons (Fsp3) is 0.545. The Bertz CT molecular complexity index is 1030. The minimum Gasteiger partial charge on any atom is -0.387 e. The highest BCUT2D eigenvalue weighted by atomic mass is 31.3. The Balaban J connectivity index is 1.79. The lowest BCUT2D eigenvalue weighted by atomic mass is 10.1. The number of nitrogens with two attached hydrogens (primary N) is 1. The van der Waals surface area contributed by atoms with Gasteiger partial charge in [0.15, 0.2) is 6.33 Å². The maximum absolute atomic E-state index is 11.9. The van der Waals surface area contributed by atoms with Gasteiger partial charge >= 0.3 is 21.1 Å². The average Bonchev–Trinajstić information content (AvgIpc) is 3.06. The van der Waals surface area contributed by atoms with Crippen molar-refractivity contribution in [3.8, 4) is 0 Å². The number of phosphoric acid groups is 1. The molecule has 3 heterocycles. The molecule has 0 spiro atoms. The third-order valence-electron chi connectivity index (χ3n) is 3.78. The van der Waals surface area contributed by atoms with Crippen LogP contribution in [0, 0.1) is 0 Å². The molecule has 2 aromatic rings. The predicted octanol–water partition coefficient (Wildman–Crippen LogP) is -2.31. The number of nitrogens with zero attached hydrogens (tertiary/aromatic N) is 2. The number of nitrogens with one attached hydrogen (secondary N) is 2. The molecule has 1 fully saturated rings. The lowest BCUT2D eigenvalue weighted by Crippen LogP contribution is -2.46. The van der Waals surface area contributed by atoms with Crippen molar-refractivity contribution in [2.45, 2.75) is 24.5 Å². The highest BCUT2D eigenvalue weighted by Crippen LogP contribution is 2.58. The second kappa shape index (κ2) is 7.30. The van der Waals surface area contributed by atoms with Crippen LogP contribution in [-0.4, -0.2) is 66.5 Å². The van der Waals surface area contributed by atoms with Gasteiger partial charge in [0.05, 0.1) is 6.61 Å². The summed E-state index contributed by atoms with van der Waals surface area (Å²) < 4.78 is 38.0. The van der Waals surface area contributed by atoms with Crippen LogP contribution in [-0.2, 0) is 22.7 Å². The molecule has 0 aromatic carbocycles. The van der Waals surface area contributed by atoms with Gasteiger partial charge in [-0.25, -0.2) is 13.4 Å². The van der Waals surface area contributed by atoms with Crippen molar-refractivity contribution < 1.29 is 47.3 Å². The Kier molecular flexibility index (Phi) is 5.49. The Morgan fingerprint density at radius 3 is 2.68 bits per heavy atom. The molecule has 8 N–H and O–H groups in total. The van der Waals surface area contributed by atoms with Crippen molar-refractivity contribution >= 4 is 32.5 Å². The normalized spacial score (nSPS) is 29.6. The van der Waals surface area contributed by atoms with Gasteiger partial charge in [-0.3, -0.25) is 23.9 Å². The highest BCUT2D eigenvalue weighted by molar-refractivity contribution is 7.63. The number of rotatable bonds is 6. The molecule has 15 nitrogen and oxygen atoms in total. The minimum absolute atomic E-state index is 0.0300. The van der Waals surface area contributed by atoms with E-state index in [4.69, 9.17) is 15.4 Å². The van der Waals surface area contributed by atoms with E-state index < -0.39 is 52.1 Å². The Morgan fingerprint density at radius 2 is 2.04 bits per heavy atom. The molecule has 28 heavy (non-hydrogen) atoms. The maximum Gasteiger partial charge on any atom is 0.479 e. The second-order valence-corrected chi connectivity index (χ2v) is 9.48. The number of H-pyrrole nitrogens is 2. The number of nitrogen functional groups attached to an aromatic ring is 1. The van der Waals surface area contributed by atoms with Crippen LogP contribution >= 0.6 is 15.4 Å². The number of aliphatic hydroxyl groups excluding tert-OH is 2. The van der Waals surface area contributed by atoms with E-state index in [9.17, 15) is 29.0 Å². The number of phosphoric ester groups is 1. The van der Waals surface area contributed by atoms with Crippen LogP contribution in [0.3, 0.4) is 0 Å². The van der Waals surface area contributed by atoms with Crippen molar-refractivity contribution in [2.75, 3.05) is 19.0 Å². The van der Waals surface area contributed by atoms with Gasteiger partial charge in [0.25, 0.3) is 11.5 Å². The lowest BCUT2D eigenvalue weighted by Gasteiger charge is -2.17. The fourth-order valence-electron chi connectivity index (χ4n) is 2.66. The molecule has 1 aliphatic heterocycles. The van der Waals surface area contributed by atoms with E-state index in [1.807, 2.05) is 0 Å². The number of aliphatic hydroxyl groups is 2. The van der Waals surface area contributed by atoms with E-state index in [0.29, 0.717) is 6.66 Å². The van der Waals surface area contributed by atoms with Gasteiger partial charge in [0.1, 0.15) is 18.3 Å². The second-order valence-electron chi connectivity index (χ2n) is 6.03. The van der Waals surface area contributed by atoms with Crippen LogP contribution in [0.25, 0.3) is 11.2 Å². The predicted molar refractivity (Wildman–Crippen MR) is 89.9 cm³/mol. The number of aromatic nitrogens is 4. The van der Waals surface area contributed by atoms with E-state index >= 15 is 0 Å². The zero-order chi connectivity index (χ0) is 20.9. The van der Waals surface area contributed by atoms with Gasteiger partial charge in [-0.2, -0.15) is 0 Å². The highest BCUT2D eigenvalue weighted by Gasteiger charge is 2.47. The van der Waals surface area contributed by atoms with Crippen LogP contribution in [0.2, 0.25) is 0 Å². The zero-order valence-corrected chi connectivity index (χ0v) is 16.0. The number of aromatic amines is 2. The van der Waals surface area contributed by atoms with Gasteiger partial charge in [0, 0.05) is 6.66 Å². The molecule has 0 amide bonds. The molecule has 3 rings (SSSR count). The molecule has 0 saturated carbocycles. The molecule has 6 atom stereocenters. The van der Waals surface area contributed by atoms with E-state index in [-0.39, 0.29) is 17.1 Å². The number of hydrogen-bond donors (Lipinski definition) is 7. The molecule has 2 aromatic heterocycles. The van der Waals surface area contributed by atoms with Gasteiger partial charge < -0.3 is 30.5 Å². The van der Waals surface area contributed by atoms with E-state index in [0.717, 1.165) is 0 Å². The van der Waals surface area contributed by atoms with Gasteiger partial charge in [-0.05, 0) is 0 Å². The summed E-state index contributed by atoms with van der Waals surface area (Å²) in [5.74, 6) is -0.190. The summed E-state index contributed by atoms with van der Waals surface area (Å²) in [4.78, 5) is 39.1. The van der Waals surface area contributed by atoms with E-state index in [1.165, 1.54) is 10.9 Å². The summed E-state index contributed by atoms with van der Waals surface area (Å²) in [6.07, 6.45) is -4.40. The molecule has 17 heteroatoms. The van der Waals surface area contributed by atoms with Crippen LogP contribution in [0.15, 0.2) is 11.1 Å². The summed E-state index contributed by atoms with van der Waals surface area (Å²) in [5, 5.41) is 20.4. The quantitative estimate of drug-likeness (QED) is 0.185. The Morgan fingerprint density at radius 1 is 1.36 bits per heavy atom. The molecule has 156 valence electrons. The number of anilines is 1. The molecule has 0 aliphatic carbocycles. The molecule has 1 saturated heterocycles. The number of imidazole rings is 1. The SMILES string of the molecule is CP(=O)(O)OP(=O)(O)OC[C@H]1O[C@@H]([n+]2c[nH]c3c(=O)[nH]c(N)nc32)C(O)[C@H]1O. The summed E-state index contributed by atoms with van der Waals surface area (Å²) in [7, 11) is -9.23. The third kappa shape index (κ3) is 4.33. The number of hydrogen-bond acceptors (Lipinski definition) is 10. The molecule has 1 aliphatic rings. The van der Waals surface area contributed by atoms with Crippen LogP contribution in [0.5, 0.6) is 0 Å². The standard InChI is InChI=1S/C11H17N5O10P2/c1-27(20,21)26-28(22,23)24-2-4-6(17)7(18)10(25-4)16-3-13-5-8(16)14-11(12)15-9(5)19/h3-4,6-7,10,17-18H,2H2,1H3,(H5,12,14,15,19,20,21,22,23)/p+1/t4-,6+,7?,10-/m1/s1. The van der Waals surface area contributed by atoms with Crippen LogP contribution in [0.4, 0.5) is 5.95 Å². The zero-order valence-electron chi connectivity index (χ0n) is 14.2. The topological polar surface area (TPSA) is 234 Å². The van der Waals surface area contributed by atoms with Gasteiger partial charge in [-0.1, -0.05) is 4.98 Å². The van der Waals surface area contributed by atoms with Gasteiger partial charge in [0.2, 0.25) is 11.7 Å². The summed E-state index contributed by atoms with van der Waals surface area (Å²) in [6, 6.07) is 0. The van der Waals surface area contributed by atoms with Crippen LogP contribution in [0.1, 0.15) is 6.23 Å². The average molecular weight is 442 g/mol. The molecule has 0 radical (unpaired) electrons. The smallest absolute Gasteiger partial charge is 0.387 e. The first-order valence-corrected chi connectivity index (χ1v) is 11.2. The Labute approximate surface area is 155 Å². The van der Waals surface area contributed by atoms with Crippen molar-refractivity contribution in [3.63, 3.8) is 0 Å². The van der Waals surface area contributed by atoms with Crippen LogP contribution < -0.4 is 15.9 Å². The summed E-state index contributed by atoms with van der Waals surface area (Å²) in [6.45, 7) is -0.0600. The molecular formula is C11H18N5O10P2+. The van der Waals surface area contributed by atoms with Crippen molar-refractivity contribution in [2.24, 2.45) is 0 Å². The Hall–Kier alpha value is -1.67. The summed E-state index contributed by atoms with van der Waals surface area (Å²) >= 11 is 0. The van der Waals surface area contributed by atoms with Crippen molar-refractivity contribution in [3.05, 3.63) is 16.7 Å². The van der Waals surface area contributed by atoms with Crippen molar-refractivity contribution in [1.29, 1.82) is 0 Å². The third-order valence-corrected chi connectivity index (χ3v) is 6.29. The number of fused-ring (bicyclic) bond motifs is 1. The first kappa shape index (κ1) is 21.0. The van der Waals surface area contributed by atoms with E-state index in [1.54, 1.807) is 0 Å². The first-order valence-electron chi connectivity index (χ1n) is 7.66. The molecular weight excluding hydrogens is 424 g/mol. The first-order chi connectivity index (χ1) is 12.9. The largest absolute Gasteiger partial charge is 0.479 e. The minimum atomic E-state index is -4.92. The number of ether oxygens (including phenoxy) is 1. The molecule has 3 unspecified atom stereocenters. The monoisotopic (exact) mass is 442 g/mol. The maximum atomic E-state index is 11.9. The summed E-state index contributed by atoms with van der Waals surface area (Å²) in [5.41, 5.74) is 5.00. The van der Waals surface area contributed by atoms with Crippen molar-refractivity contribution in [1.82, 2.24) is 15.0 Å². The fourth-order valence-corrected chi connectivity index (χ4v) is 4.72. The molecule has 0 bridgehead atoms. The van der Waals surface area contributed by atoms with Gasteiger partial charge in [-0.15, -0.1) is 0 Å². The lowest BCUT2D eigenvalue weighted by molar-refractivity contribution is -0.745. The van der Waals surface area contributed by atoms with E-state index in [2.05, 4.69) is 23.8 Å².